The van der Waals surface area contributed by atoms with Crippen molar-refractivity contribution in [1.82, 2.24) is 15.5 Å². The van der Waals surface area contributed by atoms with Crippen LogP contribution in [0.1, 0.15) is 46.5 Å². The predicted octanol–water partition coefficient (Wildman–Crippen LogP) is 1.12. The number of rotatable bonds is 6. The van der Waals surface area contributed by atoms with E-state index in [1.165, 1.54) is 12.8 Å². The van der Waals surface area contributed by atoms with Crippen LogP contribution >= 0.6 is 0 Å². The van der Waals surface area contributed by atoms with E-state index in [-0.39, 0.29) is 11.9 Å². The number of amides is 1. The second-order valence-corrected chi connectivity index (χ2v) is 6.04. The lowest BCUT2D eigenvalue weighted by atomic mass is 10.1. The number of nitrogens with zero attached hydrogens (tertiary/aromatic N) is 1. The number of hydrogen-bond acceptors (Lipinski definition) is 3. The smallest absolute Gasteiger partial charge is 0.237 e. The van der Waals surface area contributed by atoms with Gasteiger partial charge in [0.25, 0.3) is 0 Å². The molecule has 0 aromatic heterocycles. The summed E-state index contributed by atoms with van der Waals surface area (Å²) < 4.78 is 0. The van der Waals surface area contributed by atoms with Gasteiger partial charge in [0, 0.05) is 24.7 Å². The summed E-state index contributed by atoms with van der Waals surface area (Å²) in [5, 5.41) is 6.63. The van der Waals surface area contributed by atoms with Crippen LogP contribution in [0.3, 0.4) is 0 Å². The molecule has 2 rings (SSSR count). The highest BCUT2D eigenvalue weighted by Gasteiger charge is 2.30. The first kappa shape index (κ1) is 13.8. The van der Waals surface area contributed by atoms with Crippen LogP contribution < -0.4 is 10.6 Å². The minimum atomic E-state index is -0.0204. The molecule has 2 unspecified atom stereocenters. The van der Waals surface area contributed by atoms with Gasteiger partial charge < -0.3 is 10.6 Å². The van der Waals surface area contributed by atoms with Crippen molar-refractivity contribution in [3.05, 3.63) is 0 Å². The molecule has 18 heavy (non-hydrogen) atoms. The fraction of sp³-hybridized carbons (Fsp3) is 0.929. The summed E-state index contributed by atoms with van der Waals surface area (Å²) >= 11 is 0. The van der Waals surface area contributed by atoms with E-state index < -0.39 is 0 Å². The molecule has 2 fully saturated rings. The quantitative estimate of drug-likeness (QED) is 0.745. The first-order valence-electron chi connectivity index (χ1n) is 7.37. The lowest BCUT2D eigenvalue weighted by Gasteiger charge is -2.34. The number of carbonyl (C=O) groups is 1. The van der Waals surface area contributed by atoms with Crippen molar-refractivity contribution >= 4 is 5.91 Å². The molecule has 0 spiro atoms. The van der Waals surface area contributed by atoms with Gasteiger partial charge in [-0.25, -0.2) is 0 Å². The van der Waals surface area contributed by atoms with E-state index in [1.54, 1.807) is 0 Å². The van der Waals surface area contributed by atoms with E-state index >= 15 is 0 Å². The Morgan fingerprint density at radius 3 is 2.56 bits per heavy atom. The maximum absolute atomic E-state index is 12.1. The summed E-state index contributed by atoms with van der Waals surface area (Å²) in [5.74, 6) is 0.198. The van der Waals surface area contributed by atoms with Gasteiger partial charge in [-0.05, 0) is 53.0 Å². The number of hydrogen-bond donors (Lipinski definition) is 2. The van der Waals surface area contributed by atoms with E-state index in [1.807, 2.05) is 6.92 Å². The molecule has 1 aliphatic carbocycles. The molecule has 2 aliphatic rings. The summed E-state index contributed by atoms with van der Waals surface area (Å²) in [6.45, 7) is 8.49. The first-order valence-corrected chi connectivity index (χ1v) is 7.37. The monoisotopic (exact) mass is 253 g/mol. The van der Waals surface area contributed by atoms with Crippen LogP contribution in [-0.4, -0.2) is 48.1 Å². The molecule has 0 aromatic rings. The molecule has 4 nitrogen and oxygen atoms in total. The number of nitrogens with one attached hydrogen (secondary N) is 2. The van der Waals surface area contributed by atoms with Gasteiger partial charge in [0.2, 0.25) is 5.91 Å². The SMILES string of the molecule is CC(C)N(CC1CCCN1)C(C)C(=O)NC1CC1. The molecule has 104 valence electrons. The topological polar surface area (TPSA) is 44.4 Å². The largest absolute Gasteiger partial charge is 0.352 e. The summed E-state index contributed by atoms with van der Waals surface area (Å²) in [5.41, 5.74) is 0. The molecule has 1 aliphatic heterocycles. The van der Waals surface area contributed by atoms with Crippen molar-refractivity contribution in [2.75, 3.05) is 13.1 Å². The highest BCUT2D eigenvalue weighted by molar-refractivity contribution is 5.81. The Morgan fingerprint density at radius 1 is 1.33 bits per heavy atom. The molecule has 2 N–H and O–H groups in total. The average molecular weight is 253 g/mol. The fourth-order valence-corrected chi connectivity index (χ4v) is 2.68. The minimum absolute atomic E-state index is 0.0204. The molecular formula is C14H27N3O. The van der Waals surface area contributed by atoms with Crippen molar-refractivity contribution in [3.8, 4) is 0 Å². The molecule has 1 saturated carbocycles. The molecule has 1 amide bonds. The summed E-state index contributed by atoms with van der Waals surface area (Å²) in [7, 11) is 0. The van der Waals surface area contributed by atoms with Crippen LogP contribution in [0.15, 0.2) is 0 Å². The van der Waals surface area contributed by atoms with E-state index in [9.17, 15) is 4.79 Å². The number of carbonyl (C=O) groups excluding carboxylic acids is 1. The van der Waals surface area contributed by atoms with Crippen LogP contribution in [0, 0.1) is 0 Å². The van der Waals surface area contributed by atoms with Crippen molar-refractivity contribution in [2.24, 2.45) is 0 Å². The Kier molecular flexibility index (Phi) is 4.62. The summed E-state index contributed by atoms with van der Waals surface area (Å²) in [6.07, 6.45) is 4.81. The molecule has 0 radical (unpaired) electrons. The standard InChI is InChI=1S/C14H27N3O/c1-10(2)17(9-13-5-4-8-15-13)11(3)14(18)16-12-6-7-12/h10-13,15H,4-9H2,1-3H3,(H,16,18). The third-order valence-electron chi connectivity index (χ3n) is 4.06. The van der Waals surface area contributed by atoms with Gasteiger partial charge in [0.1, 0.15) is 0 Å². The maximum atomic E-state index is 12.1. The Balaban J connectivity index is 1.87. The average Bonchev–Trinajstić information content (AvgIpc) is 2.98. The van der Waals surface area contributed by atoms with Gasteiger partial charge in [-0.15, -0.1) is 0 Å². The highest BCUT2D eigenvalue weighted by atomic mass is 16.2. The van der Waals surface area contributed by atoms with Crippen LogP contribution in [0.25, 0.3) is 0 Å². The molecule has 1 heterocycles. The maximum Gasteiger partial charge on any atom is 0.237 e. The second-order valence-electron chi connectivity index (χ2n) is 6.04. The van der Waals surface area contributed by atoms with Crippen molar-refractivity contribution in [2.45, 2.75) is 70.6 Å². The lowest BCUT2D eigenvalue weighted by molar-refractivity contribution is -0.126. The molecule has 1 saturated heterocycles. The Morgan fingerprint density at radius 2 is 2.06 bits per heavy atom. The third kappa shape index (κ3) is 3.69. The first-order chi connectivity index (χ1) is 8.58. The van der Waals surface area contributed by atoms with E-state index in [2.05, 4.69) is 29.4 Å². The van der Waals surface area contributed by atoms with Gasteiger partial charge in [-0.2, -0.15) is 0 Å². The van der Waals surface area contributed by atoms with Gasteiger partial charge in [-0.3, -0.25) is 9.69 Å². The van der Waals surface area contributed by atoms with Crippen LogP contribution in [0.5, 0.6) is 0 Å². The van der Waals surface area contributed by atoms with Crippen LogP contribution in [-0.2, 0) is 4.79 Å². The molecule has 4 heteroatoms. The van der Waals surface area contributed by atoms with Gasteiger partial charge in [0.15, 0.2) is 0 Å². The zero-order valence-electron chi connectivity index (χ0n) is 11.9. The van der Waals surface area contributed by atoms with Crippen molar-refractivity contribution < 1.29 is 4.79 Å². The molecule has 0 bridgehead atoms. The Hall–Kier alpha value is -0.610. The Bertz CT molecular complexity index is 283. The van der Waals surface area contributed by atoms with Crippen molar-refractivity contribution in [3.63, 3.8) is 0 Å². The zero-order valence-corrected chi connectivity index (χ0v) is 11.9. The van der Waals surface area contributed by atoms with Crippen molar-refractivity contribution in [1.29, 1.82) is 0 Å². The van der Waals surface area contributed by atoms with Gasteiger partial charge in [-0.1, -0.05) is 0 Å². The minimum Gasteiger partial charge on any atom is -0.352 e. The van der Waals surface area contributed by atoms with E-state index in [0.717, 1.165) is 25.9 Å². The summed E-state index contributed by atoms with van der Waals surface area (Å²) in [4.78, 5) is 14.5. The molecule has 2 atom stereocenters. The second kappa shape index (κ2) is 6.02. The Labute approximate surface area is 110 Å². The fourth-order valence-electron chi connectivity index (χ4n) is 2.68. The molecular weight excluding hydrogens is 226 g/mol. The van der Waals surface area contributed by atoms with Gasteiger partial charge >= 0.3 is 0 Å². The van der Waals surface area contributed by atoms with E-state index in [4.69, 9.17) is 0 Å². The predicted molar refractivity (Wildman–Crippen MR) is 73.5 cm³/mol. The summed E-state index contributed by atoms with van der Waals surface area (Å²) in [6, 6.07) is 1.41. The molecule has 0 aromatic carbocycles. The van der Waals surface area contributed by atoms with Gasteiger partial charge in [0.05, 0.1) is 6.04 Å². The zero-order chi connectivity index (χ0) is 13.1. The highest BCUT2D eigenvalue weighted by Crippen LogP contribution is 2.19. The van der Waals surface area contributed by atoms with Crippen LogP contribution in [0.2, 0.25) is 0 Å². The van der Waals surface area contributed by atoms with E-state index in [0.29, 0.717) is 18.1 Å². The normalized spacial score (nSPS) is 25.7. The lowest BCUT2D eigenvalue weighted by Crippen LogP contribution is -2.52. The third-order valence-corrected chi connectivity index (χ3v) is 4.06. The van der Waals surface area contributed by atoms with Crippen LogP contribution in [0.4, 0.5) is 0 Å².